The van der Waals surface area contributed by atoms with Crippen molar-refractivity contribution in [3.63, 3.8) is 0 Å². The number of fused-ring (bicyclic) bond motifs is 5. The van der Waals surface area contributed by atoms with Gasteiger partial charge in [0.15, 0.2) is 17.2 Å². The van der Waals surface area contributed by atoms with Crippen LogP contribution in [0.1, 0.15) is 58.8 Å². The first-order chi connectivity index (χ1) is 14.6. The maximum Gasteiger partial charge on any atom is 0.333 e. The summed E-state index contributed by atoms with van der Waals surface area (Å²) in [7, 11) is 1.41. The van der Waals surface area contributed by atoms with Crippen molar-refractivity contribution in [3.8, 4) is 0 Å². The maximum absolute atomic E-state index is 13.2. The molecule has 4 rings (SSSR count). The van der Waals surface area contributed by atoms with Crippen molar-refractivity contribution in [2.75, 3.05) is 19.6 Å². The highest BCUT2D eigenvalue weighted by molar-refractivity contribution is 6.29. The van der Waals surface area contributed by atoms with Gasteiger partial charge < -0.3 is 14.6 Å². The third-order valence-electron chi connectivity index (χ3n) is 9.14. The first-order valence-corrected chi connectivity index (χ1v) is 11.9. The number of aliphatic hydroxyl groups is 1. The van der Waals surface area contributed by atoms with Crippen molar-refractivity contribution in [3.05, 3.63) is 11.6 Å². The number of ketones is 2. The number of halogens is 1. The van der Waals surface area contributed by atoms with Crippen LogP contribution in [0.2, 0.25) is 0 Å². The van der Waals surface area contributed by atoms with E-state index >= 15 is 0 Å². The van der Waals surface area contributed by atoms with E-state index in [1.54, 1.807) is 0 Å². The van der Waals surface area contributed by atoms with E-state index in [1.807, 2.05) is 13.0 Å². The molecule has 6 nitrogen and oxygen atoms in total. The third-order valence-corrected chi connectivity index (χ3v) is 9.38. The number of alkyl halides is 1. The van der Waals surface area contributed by atoms with Crippen molar-refractivity contribution in [1.82, 2.24) is 0 Å². The van der Waals surface area contributed by atoms with Crippen molar-refractivity contribution >= 4 is 29.1 Å². The summed E-state index contributed by atoms with van der Waals surface area (Å²) in [6, 6.07) is 0. The fourth-order valence-electron chi connectivity index (χ4n) is 7.81. The smallest absolute Gasteiger partial charge is 0.333 e. The van der Waals surface area contributed by atoms with Crippen LogP contribution in [0.5, 0.6) is 0 Å². The van der Waals surface area contributed by atoms with Crippen LogP contribution >= 0.6 is 11.6 Å². The number of hydrogen-bond donors (Lipinski definition) is 1. The predicted octanol–water partition coefficient (Wildman–Crippen LogP) is 3.23. The van der Waals surface area contributed by atoms with Gasteiger partial charge in [-0.25, -0.2) is 4.79 Å². The van der Waals surface area contributed by atoms with Gasteiger partial charge in [0.2, 0.25) is 0 Å². The molecular weight excluding hydrogens is 420 g/mol. The number of esters is 1. The normalized spacial score (nSPS) is 44.0. The summed E-state index contributed by atoms with van der Waals surface area (Å²) in [5.41, 5.74) is -1.06. The molecular formula is C24H33ClO6. The summed E-state index contributed by atoms with van der Waals surface area (Å²) in [6.07, 6.45) is 5.69. The summed E-state index contributed by atoms with van der Waals surface area (Å²) in [5.74, 6) is -0.547. The second-order valence-electron chi connectivity index (χ2n) is 10.4. The molecule has 0 aromatic carbocycles. The monoisotopic (exact) mass is 452 g/mol. The Morgan fingerprint density at radius 3 is 2.65 bits per heavy atom. The molecule has 0 aliphatic heterocycles. The van der Waals surface area contributed by atoms with Crippen molar-refractivity contribution in [2.24, 2.45) is 28.6 Å². The lowest BCUT2D eigenvalue weighted by Crippen LogP contribution is -2.63. The number of aliphatic hydroxyl groups excluding tert-OH is 1. The van der Waals surface area contributed by atoms with E-state index in [2.05, 4.69) is 6.92 Å². The molecule has 3 fully saturated rings. The lowest BCUT2D eigenvalue weighted by atomic mass is 9.45. The van der Waals surface area contributed by atoms with E-state index in [4.69, 9.17) is 21.1 Å². The van der Waals surface area contributed by atoms with E-state index in [-0.39, 0.29) is 47.2 Å². The van der Waals surface area contributed by atoms with Crippen molar-refractivity contribution in [2.45, 2.75) is 70.5 Å². The van der Waals surface area contributed by atoms with Crippen LogP contribution in [0.3, 0.4) is 0 Å². The molecule has 31 heavy (non-hydrogen) atoms. The molecule has 0 amide bonds. The van der Waals surface area contributed by atoms with Crippen molar-refractivity contribution in [1.29, 1.82) is 0 Å². The van der Waals surface area contributed by atoms with E-state index in [0.717, 1.165) is 25.7 Å². The molecule has 0 spiro atoms. The van der Waals surface area contributed by atoms with Crippen LogP contribution in [0.4, 0.5) is 0 Å². The summed E-state index contributed by atoms with van der Waals surface area (Å²) in [5, 5.41) is 11.5. The number of carbonyl (C=O) groups is 3. The van der Waals surface area contributed by atoms with Crippen LogP contribution < -0.4 is 0 Å². The minimum Gasteiger partial charge on any atom is -0.449 e. The van der Waals surface area contributed by atoms with Gasteiger partial charge in [-0.05, 0) is 67.8 Å². The molecule has 172 valence electrons. The summed E-state index contributed by atoms with van der Waals surface area (Å²) < 4.78 is 10.8. The zero-order valence-electron chi connectivity index (χ0n) is 18.6. The highest BCUT2D eigenvalue weighted by atomic mass is 35.5. The zero-order valence-corrected chi connectivity index (χ0v) is 19.4. The molecule has 7 heteroatoms. The van der Waals surface area contributed by atoms with Crippen LogP contribution in [0.25, 0.3) is 0 Å². The van der Waals surface area contributed by atoms with Gasteiger partial charge >= 0.3 is 5.97 Å². The summed E-state index contributed by atoms with van der Waals surface area (Å²) in [4.78, 5) is 37.6. The lowest BCUT2D eigenvalue weighted by Gasteiger charge is -2.60. The first kappa shape index (κ1) is 22.9. The van der Waals surface area contributed by atoms with E-state index in [0.29, 0.717) is 19.3 Å². The number of Topliss-reactive ketones (excluding diaryl/α,β-unsaturated/α-hetero) is 1. The average Bonchev–Trinajstić information content (AvgIpc) is 3.00. The molecule has 0 aromatic heterocycles. The highest BCUT2D eigenvalue weighted by Gasteiger charge is 2.70. The fourth-order valence-corrected chi connectivity index (χ4v) is 8.02. The highest BCUT2D eigenvalue weighted by Crippen LogP contribution is 2.68. The number of carbonyl (C=O) groups excluding carboxylic acids is 3. The van der Waals surface area contributed by atoms with Gasteiger partial charge in [0, 0.05) is 18.9 Å². The Morgan fingerprint density at radius 1 is 1.23 bits per heavy atom. The first-order valence-electron chi connectivity index (χ1n) is 11.3. The molecule has 1 N–H and O–H groups in total. The molecule has 0 radical (unpaired) electrons. The Morgan fingerprint density at radius 2 is 1.97 bits per heavy atom. The SMILES string of the molecule is COCC(=O)O[C@]1(C(=O)CCl)CC[C@H]2[C@@H]3CCC4=CC(=O)CC[C@]4(C)[C@H]3[C@@H](O)C[C@@]21C. The van der Waals surface area contributed by atoms with Gasteiger partial charge in [0.1, 0.15) is 6.61 Å². The molecule has 0 saturated heterocycles. The fraction of sp³-hybridized carbons (Fsp3) is 0.792. The van der Waals surface area contributed by atoms with Crippen molar-refractivity contribution < 1.29 is 29.0 Å². The Kier molecular flexibility index (Phi) is 5.89. The Labute approximate surface area is 188 Å². The van der Waals surface area contributed by atoms with Crippen LogP contribution in [0.15, 0.2) is 11.6 Å². The number of ether oxygens (including phenoxy) is 2. The Hall–Kier alpha value is -1.24. The van der Waals surface area contributed by atoms with E-state index in [9.17, 15) is 19.5 Å². The van der Waals surface area contributed by atoms with Gasteiger partial charge in [-0.1, -0.05) is 19.4 Å². The largest absolute Gasteiger partial charge is 0.449 e. The minimum absolute atomic E-state index is 0.0373. The minimum atomic E-state index is -1.33. The number of hydrogen-bond acceptors (Lipinski definition) is 6. The number of rotatable bonds is 5. The molecule has 0 unspecified atom stereocenters. The molecule has 3 saturated carbocycles. The lowest BCUT2D eigenvalue weighted by molar-refractivity contribution is -0.202. The van der Waals surface area contributed by atoms with Crippen LogP contribution in [-0.2, 0) is 23.9 Å². The second-order valence-corrected chi connectivity index (χ2v) is 10.7. The quantitative estimate of drug-likeness (QED) is 0.508. The molecule has 4 aliphatic rings. The predicted molar refractivity (Wildman–Crippen MR) is 115 cm³/mol. The molecule has 0 aromatic rings. The van der Waals surface area contributed by atoms with E-state index < -0.39 is 23.1 Å². The molecule has 7 atom stereocenters. The molecule has 4 aliphatic carbocycles. The third kappa shape index (κ3) is 3.24. The Bertz CT molecular complexity index is 823. The molecule has 0 heterocycles. The Balaban J connectivity index is 1.73. The summed E-state index contributed by atoms with van der Waals surface area (Å²) >= 11 is 6.00. The van der Waals surface area contributed by atoms with Gasteiger partial charge in [-0.3, -0.25) is 9.59 Å². The van der Waals surface area contributed by atoms with Gasteiger partial charge in [-0.15, -0.1) is 11.6 Å². The number of allylic oxidation sites excluding steroid dienone is 1. The number of methoxy groups -OCH3 is 1. The molecule has 0 bridgehead atoms. The second kappa shape index (κ2) is 7.96. The van der Waals surface area contributed by atoms with Crippen LogP contribution in [-0.4, -0.2) is 53.9 Å². The van der Waals surface area contributed by atoms with Gasteiger partial charge in [0.05, 0.1) is 12.0 Å². The standard InChI is InChI=1S/C24H33ClO6/c1-22-8-6-15(26)10-14(22)4-5-16-17-7-9-24(19(28)12-25,31-20(29)13-30-3)23(17,2)11-18(27)21(16)22/h10,16-18,21,27H,4-9,11-13H2,1-3H3/t16-,17-,18-,21+,22-,23-,24-/m0/s1. The van der Waals surface area contributed by atoms with Gasteiger partial charge in [0.25, 0.3) is 0 Å². The van der Waals surface area contributed by atoms with Crippen LogP contribution in [0, 0.1) is 28.6 Å². The van der Waals surface area contributed by atoms with Gasteiger partial charge in [-0.2, -0.15) is 0 Å². The average molecular weight is 453 g/mol. The maximum atomic E-state index is 13.2. The van der Waals surface area contributed by atoms with E-state index in [1.165, 1.54) is 12.7 Å². The topological polar surface area (TPSA) is 89.9 Å². The summed E-state index contributed by atoms with van der Waals surface area (Å²) in [6.45, 7) is 3.96. The zero-order chi connectivity index (χ0) is 22.6.